The highest BCUT2D eigenvalue weighted by Crippen LogP contribution is 2.38. The number of nitrogens with zero attached hydrogens (tertiary/aromatic N) is 4. The second kappa shape index (κ2) is 6.14. The predicted octanol–water partition coefficient (Wildman–Crippen LogP) is 3.25. The first kappa shape index (κ1) is 17.1. The van der Waals surface area contributed by atoms with Crippen LogP contribution < -0.4 is 10.6 Å². The Bertz CT molecular complexity index is 821. The molecule has 2 unspecified atom stereocenters. The summed E-state index contributed by atoms with van der Waals surface area (Å²) in [5.74, 6) is 0.760. The van der Waals surface area contributed by atoms with Crippen molar-refractivity contribution in [1.29, 1.82) is 0 Å². The van der Waals surface area contributed by atoms with Crippen LogP contribution in [0.3, 0.4) is 0 Å². The summed E-state index contributed by atoms with van der Waals surface area (Å²) < 4.78 is 7.56. The largest absolute Gasteiger partial charge is 0.446 e. The Morgan fingerprint density at radius 1 is 1.31 bits per heavy atom. The average molecular weight is 357 g/mol. The molecule has 7 nitrogen and oxygen atoms in total. The summed E-state index contributed by atoms with van der Waals surface area (Å²) in [5.41, 5.74) is 6.23. The number of amides is 1. The number of anilines is 1. The number of primary amides is 1. The predicted molar refractivity (Wildman–Crippen MR) is 100 cm³/mol. The highest BCUT2D eigenvalue weighted by Gasteiger charge is 2.39. The topological polar surface area (TPSA) is 86.3 Å². The van der Waals surface area contributed by atoms with Crippen molar-refractivity contribution in [2.24, 2.45) is 11.1 Å². The molecule has 2 atom stereocenters. The molecule has 0 bridgehead atoms. The van der Waals surface area contributed by atoms with Crippen molar-refractivity contribution in [2.45, 2.75) is 64.6 Å². The van der Waals surface area contributed by atoms with Gasteiger partial charge in [-0.3, -0.25) is 0 Å². The molecule has 3 heterocycles. The zero-order chi connectivity index (χ0) is 18.5. The first-order valence-electron chi connectivity index (χ1n) is 9.39. The van der Waals surface area contributed by atoms with Gasteiger partial charge in [0.05, 0.1) is 0 Å². The number of hydrogen-bond acceptors (Lipinski definition) is 5. The zero-order valence-electron chi connectivity index (χ0n) is 15.7. The van der Waals surface area contributed by atoms with E-state index in [1.54, 1.807) is 0 Å². The molecule has 1 aliphatic carbocycles. The summed E-state index contributed by atoms with van der Waals surface area (Å²) in [7, 11) is 0. The van der Waals surface area contributed by atoms with Gasteiger partial charge in [0.1, 0.15) is 11.8 Å². The van der Waals surface area contributed by atoms with Crippen LogP contribution in [0.4, 0.5) is 10.7 Å². The number of fused-ring (bicyclic) bond motifs is 1. The van der Waals surface area contributed by atoms with E-state index >= 15 is 0 Å². The average Bonchev–Trinajstić information content (AvgIpc) is 3.32. The lowest BCUT2D eigenvalue weighted by atomic mass is 9.80. The van der Waals surface area contributed by atoms with Crippen LogP contribution in [-0.4, -0.2) is 39.3 Å². The fourth-order valence-electron chi connectivity index (χ4n) is 3.98. The summed E-state index contributed by atoms with van der Waals surface area (Å²) in [6.07, 6.45) is 7.12. The molecule has 0 radical (unpaired) electrons. The molecule has 1 saturated heterocycles. The van der Waals surface area contributed by atoms with Crippen molar-refractivity contribution in [3.8, 4) is 0 Å². The van der Waals surface area contributed by atoms with E-state index in [4.69, 9.17) is 15.5 Å². The van der Waals surface area contributed by atoms with Crippen LogP contribution in [0.15, 0.2) is 18.5 Å². The summed E-state index contributed by atoms with van der Waals surface area (Å²) in [6.45, 7) is 7.34. The van der Waals surface area contributed by atoms with Crippen molar-refractivity contribution in [2.75, 3.05) is 11.4 Å². The van der Waals surface area contributed by atoms with E-state index in [2.05, 4.69) is 47.5 Å². The maximum absolute atomic E-state index is 11.2. The molecule has 2 aliphatic rings. The Morgan fingerprint density at radius 2 is 2.08 bits per heavy atom. The van der Waals surface area contributed by atoms with Crippen LogP contribution in [0.5, 0.6) is 0 Å². The molecule has 7 heteroatoms. The molecule has 26 heavy (non-hydrogen) atoms. The molecule has 1 aliphatic heterocycles. The van der Waals surface area contributed by atoms with Gasteiger partial charge in [0, 0.05) is 49.2 Å². The molecule has 4 rings (SSSR count). The molecule has 1 amide bonds. The van der Waals surface area contributed by atoms with E-state index in [9.17, 15) is 4.79 Å². The van der Waals surface area contributed by atoms with Crippen LogP contribution in [-0.2, 0) is 4.74 Å². The number of piperidine rings is 1. The van der Waals surface area contributed by atoms with Crippen LogP contribution >= 0.6 is 0 Å². The quantitative estimate of drug-likeness (QED) is 0.911. The van der Waals surface area contributed by atoms with E-state index < -0.39 is 6.09 Å². The van der Waals surface area contributed by atoms with Gasteiger partial charge in [-0.15, -0.1) is 0 Å². The van der Waals surface area contributed by atoms with Gasteiger partial charge in [0.15, 0.2) is 0 Å². The Balaban J connectivity index is 1.65. The lowest BCUT2D eigenvalue weighted by Crippen LogP contribution is -2.52. The Kier molecular flexibility index (Phi) is 4.04. The minimum atomic E-state index is -0.698. The second-order valence-electron chi connectivity index (χ2n) is 8.56. The van der Waals surface area contributed by atoms with E-state index in [0.717, 1.165) is 36.4 Å². The fourth-order valence-corrected chi connectivity index (χ4v) is 3.98. The minimum absolute atomic E-state index is 0.00349. The summed E-state index contributed by atoms with van der Waals surface area (Å²) in [6, 6.07) is 2.84. The van der Waals surface area contributed by atoms with Crippen LogP contribution in [0.2, 0.25) is 0 Å². The Hall–Kier alpha value is -2.31. The third kappa shape index (κ3) is 3.22. The Labute approximate surface area is 153 Å². The lowest BCUT2D eigenvalue weighted by molar-refractivity contribution is 0.0666. The lowest BCUT2D eigenvalue weighted by Gasteiger charge is -2.45. The first-order valence-corrected chi connectivity index (χ1v) is 9.39. The van der Waals surface area contributed by atoms with Crippen molar-refractivity contribution >= 4 is 23.1 Å². The van der Waals surface area contributed by atoms with Gasteiger partial charge in [0.25, 0.3) is 0 Å². The smallest absolute Gasteiger partial charge is 0.404 e. The van der Waals surface area contributed by atoms with Crippen LogP contribution in [0.25, 0.3) is 11.0 Å². The van der Waals surface area contributed by atoms with E-state index in [-0.39, 0.29) is 17.6 Å². The first-order chi connectivity index (χ1) is 12.3. The SMILES string of the molecule is CC(C)(C)C1CC(OC(N)=O)CCN1c1ncc2ccn(C3CC3)c2n1. The third-order valence-electron chi connectivity index (χ3n) is 5.48. The molecule has 140 valence electrons. The molecular formula is C19H27N5O2. The molecular weight excluding hydrogens is 330 g/mol. The standard InChI is InChI=1S/C19H27N5O2/c1-19(2,3)15-10-14(26-17(20)25)7-9-24(15)18-21-11-12-6-8-23(13-4-5-13)16(12)22-18/h6,8,11,13-15H,4-5,7,9-10H2,1-3H3,(H2,20,25). The van der Waals surface area contributed by atoms with Gasteiger partial charge >= 0.3 is 6.09 Å². The van der Waals surface area contributed by atoms with Gasteiger partial charge in [-0.2, -0.15) is 4.98 Å². The van der Waals surface area contributed by atoms with Crippen LogP contribution in [0.1, 0.15) is 52.5 Å². The summed E-state index contributed by atoms with van der Waals surface area (Å²) in [4.78, 5) is 23.0. The minimum Gasteiger partial charge on any atom is -0.446 e. The van der Waals surface area contributed by atoms with Gasteiger partial charge in [-0.25, -0.2) is 9.78 Å². The van der Waals surface area contributed by atoms with Gasteiger partial charge < -0.3 is 19.9 Å². The number of carbonyl (C=O) groups is 1. The normalized spacial score (nSPS) is 24.0. The molecule has 2 N–H and O–H groups in total. The highest BCUT2D eigenvalue weighted by molar-refractivity contribution is 5.76. The Morgan fingerprint density at radius 3 is 2.73 bits per heavy atom. The number of aromatic nitrogens is 3. The van der Waals surface area contributed by atoms with Crippen molar-refractivity contribution in [3.05, 3.63) is 18.5 Å². The molecule has 0 spiro atoms. The number of nitrogens with two attached hydrogens (primary N) is 1. The van der Waals surface area contributed by atoms with E-state index in [1.807, 2.05) is 6.20 Å². The summed E-state index contributed by atoms with van der Waals surface area (Å²) in [5, 5.41) is 1.08. The van der Waals surface area contributed by atoms with E-state index in [1.165, 1.54) is 12.8 Å². The number of rotatable bonds is 3. The zero-order valence-corrected chi connectivity index (χ0v) is 15.7. The van der Waals surface area contributed by atoms with Crippen LogP contribution in [0, 0.1) is 5.41 Å². The van der Waals surface area contributed by atoms with Gasteiger partial charge in [-0.05, 0) is 24.3 Å². The van der Waals surface area contributed by atoms with Crippen molar-refractivity contribution in [3.63, 3.8) is 0 Å². The maximum atomic E-state index is 11.2. The second-order valence-corrected chi connectivity index (χ2v) is 8.56. The summed E-state index contributed by atoms with van der Waals surface area (Å²) >= 11 is 0. The van der Waals surface area contributed by atoms with Crippen molar-refractivity contribution < 1.29 is 9.53 Å². The third-order valence-corrected chi connectivity index (χ3v) is 5.48. The maximum Gasteiger partial charge on any atom is 0.404 e. The fraction of sp³-hybridized carbons (Fsp3) is 0.632. The van der Waals surface area contributed by atoms with Gasteiger partial charge in [-0.1, -0.05) is 20.8 Å². The highest BCUT2D eigenvalue weighted by atomic mass is 16.6. The molecule has 2 aromatic heterocycles. The molecule has 2 fully saturated rings. The van der Waals surface area contributed by atoms with Gasteiger partial charge in [0.2, 0.25) is 5.95 Å². The molecule has 1 saturated carbocycles. The number of carbonyl (C=O) groups excluding carboxylic acids is 1. The van der Waals surface area contributed by atoms with E-state index in [0.29, 0.717) is 6.04 Å². The monoisotopic (exact) mass is 357 g/mol. The molecule has 0 aromatic carbocycles. The number of ether oxygens (including phenoxy) is 1. The molecule has 2 aromatic rings. The van der Waals surface area contributed by atoms with Crippen molar-refractivity contribution in [1.82, 2.24) is 14.5 Å². The number of hydrogen-bond donors (Lipinski definition) is 1.